The number of aryl methyl sites for hydroxylation is 1. The van der Waals surface area contributed by atoms with Gasteiger partial charge in [0.1, 0.15) is 18.1 Å². The van der Waals surface area contributed by atoms with Crippen molar-refractivity contribution in [3.05, 3.63) is 59.8 Å². The van der Waals surface area contributed by atoms with Crippen LogP contribution in [0, 0.1) is 12.8 Å². The maximum atomic E-state index is 12.5. The van der Waals surface area contributed by atoms with Crippen molar-refractivity contribution in [1.82, 2.24) is 25.9 Å². The number of carbonyl (C=O) groups excluding carboxylic acids is 1. The van der Waals surface area contributed by atoms with E-state index in [1.165, 1.54) is 10.0 Å². The van der Waals surface area contributed by atoms with Gasteiger partial charge in [-0.3, -0.25) is 4.68 Å². The fraction of sp³-hybridized carbons (Fsp3) is 0.333. The summed E-state index contributed by atoms with van der Waals surface area (Å²) in [6.07, 6.45) is 2.01. The molecule has 2 aromatic carbocycles. The molecule has 1 aromatic heterocycles. The molecule has 33 heavy (non-hydrogen) atoms. The van der Waals surface area contributed by atoms with Gasteiger partial charge in [-0.1, -0.05) is 19.9 Å². The number of urea groups is 1. The van der Waals surface area contributed by atoms with E-state index in [1.807, 2.05) is 54.2 Å². The highest BCUT2D eigenvalue weighted by Crippen LogP contribution is 2.32. The Morgan fingerprint density at radius 3 is 2.58 bits per heavy atom. The van der Waals surface area contributed by atoms with E-state index in [4.69, 9.17) is 9.47 Å². The normalized spacial score (nSPS) is 13.8. The molecule has 0 aliphatic carbocycles. The van der Waals surface area contributed by atoms with Crippen LogP contribution in [0.3, 0.4) is 0 Å². The minimum atomic E-state index is -0.234. The van der Waals surface area contributed by atoms with Gasteiger partial charge in [0.15, 0.2) is 0 Å². The second-order valence-electron chi connectivity index (χ2n) is 8.44. The highest BCUT2D eigenvalue weighted by Gasteiger charge is 2.29. The summed E-state index contributed by atoms with van der Waals surface area (Å²) in [4.78, 5) is 12.5. The van der Waals surface area contributed by atoms with Crippen LogP contribution in [0.25, 0.3) is 11.3 Å². The first kappa shape index (κ1) is 22.6. The molecule has 9 nitrogen and oxygen atoms in total. The third-order valence-electron chi connectivity index (χ3n) is 5.41. The van der Waals surface area contributed by atoms with Gasteiger partial charge in [0.2, 0.25) is 0 Å². The van der Waals surface area contributed by atoms with Gasteiger partial charge in [0.05, 0.1) is 24.1 Å². The number of anilines is 1. The summed E-state index contributed by atoms with van der Waals surface area (Å²) in [5.41, 5.74) is 10.0. The van der Waals surface area contributed by atoms with Crippen LogP contribution < -0.4 is 25.6 Å². The number of nitrogens with one attached hydrogen (secondary N) is 2. The number of nitrogens with zero attached hydrogens (tertiary/aromatic N) is 4. The van der Waals surface area contributed by atoms with Crippen LogP contribution in [-0.2, 0) is 13.2 Å². The second-order valence-corrected chi connectivity index (χ2v) is 8.44. The zero-order chi connectivity index (χ0) is 23.5. The number of hydrogen-bond donors (Lipinski definition) is 2. The van der Waals surface area contributed by atoms with Crippen LogP contribution in [0.4, 0.5) is 10.5 Å². The first-order chi connectivity index (χ1) is 15.9. The lowest BCUT2D eigenvalue weighted by atomic mass is 10.1. The molecule has 0 unspecified atom stereocenters. The summed E-state index contributed by atoms with van der Waals surface area (Å²) in [7, 11) is 3.24. The molecule has 1 aliphatic heterocycles. The standard InChI is InChI=1S/C24H30N6O3/c1-16(2)14-29-12-11-20(25-29)18-9-10-22(17(3)13-18)33-15-19-21(7-6-8-23(19)32-5)30-24(31)28(4)26-27-30/h6-13,16,26-27H,14-15H2,1-5H3. The van der Waals surface area contributed by atoms with Crippen molar-refractivity contribution in [2.45, 2.75) is 33.9 Å². The number of rotatable bonds is 8. The number of hydrazine groups is 3. The van der Waals surface area contributed by atoms with E-state index >= 15 is 0 Å². The smallest absolute Gasteiger partial charge is 0.355 e. The van der Waals surface area contributed by atoms with Crippen LogP contribution in [-0.4, -0.2) is 35.0 Å². The van der Waals surface area contributed by atoms with Crippen LogP contribution in [0.1, 0.15) is 25.0 Å². The lowest BCUT2D eigenvalue weighted by Gasteiger charge is -2.20. The van der Waals surface area contributed by atoms with Crippen molar-refractivity contribution in [3.63, 3.8) is 0 Å². The van der Waals surface area contributed by atoms with Gasteiger partial charge in [-0.15, -0.1) is 11.1 Å². The Hall–Kier alpha value is -3.56. The lowest BCUT2D eigenvalue weighted by molar-refractivity contribution is 0.214. The van der Waals surface area contributed by atoms with E-state index < -0.39 is 0 Å². The number of carbonyl (C=O) groups is 1. The molecule has 2 amide bonds. The minimum absolute atomic E-state index is 0.234. The summed E-state index contributed by atoms with van der Waals surface area (Å²) >= 11 is 0. The molecular weight excluding hydrogens is 420 g/mol. The first-order valence-electron chi connectivity index (χ1n) is 10.9. The molecule has 0 radical (unpaired) electrons. The van der Waals surface area contributed by atoms with Crippen LogP contribution in [0.15, 0.2) is 48.7 Å². The van der Waals surface area contributed by atoms with Crippen molar-refractivity contribution < 1.29 is 14.3 Å². The molecule has 4 rings (SSSR count). The number of benzene rings is 2. The monoisotopic (exact) mass is 450 g/mol. The SMILES string of the molecule is COc1cccc(N2NNN(C)C2=O)c1COc1ccc(-c2ccn(CC(C)C)n2)cc1C. The number of amides is 2. The van der Waals surface area contributed by atoms with Gasteiger partial charge < -0.3 is 9.47 Å². The molecule has 0 spiro atoms. The average Bonchev–Trinajstić information content (AvgIpc) is 3.39. The van der Waals surface area contributed by atoms with E-state index in [-0.39, 0.29) is 12.6 Å². The summed E-state index contributed by atoms with van der Waals surface area (Å²) < 4.78 is 13.7. The fourth-order valence-electron chi connectivity index (χ4n) is 3.75. The summed E-state index contributed by atoms with van der Waals surface area (Å²) in [6.45, 7) is 7.49. The quantitative estimate of drug-likeness (QED) is 0.542. The zero-order valence-corrected chi connectivity index (χ0v) is 19.6. The van der Waals surface area contributed by atoms with Gasteiger partial charge in [-0.05, 0) is 54.8 Å². The summed E-state index contributed by atoms with van der Waals surface area (Å²) in [5.74, 6) is 1.94. The Morgan fingerprint density at radius 1 is 1.09 bits per heavy atom. The Kier molecular flexibility index (Phi) is 6.52. The van der Waals surface area contributed by atoms with Gasteiger partial charge in [-0.25, -0.2) is 14.8 Å². The van der Waals surface area contributed by atoms with Gasteiger partial charge in [-0.2, -0.15) is 5.10 Å². The van der Waals surface area contributed by atoms with Crippen molar-refractivity contribution in [1.29, 1.82) is 0 Å². The van der Waals surface area contributed by atoms with Crippen molar-refractivity contribution in [2.75, 3.05) is 19.2 Å². The summed E-state index contributed by atoms with van der Waals surface area (Å²) in [5, 5.41) is 7.46. The molecule has 2 N–H and O–H groups in total. The zero-order valence-electron chi connectivity index (χ0n) is 19.6. The molecule has 174 valence electrons. The minimum Gasteiger partial charge on any atom is -0.496 e. The predicted octanol–water partition coefficient (Wildman–Crippen LogP) is 3.90. The Morgan fingerprint density at radius 2 is 1.91 bits per heavy atom. The Balaban J connectivity index is 1.54. The Bertz CT molecular complexity index is 1140. The second kappa shape index (κ2) is 9.51. The first-order valence-corrected chi connectivity index (χ1v) is 10.9. The van der Waals surface area contributed by atoms with E-state index in [0.29, 0.717) is 17.4 Å². The third kappa shape index (κ3) is 4.79. The van der Waals surface area contributed by atoms with Gasteiger partial charge in [0.25, 0.3) is 0 Å². The molecule has 2 heterocycles. The van der Waals surface area contributed by atoms with Gasteiger partial charge >= 0.3 is 6.03 Å². The number of hydrogen-bond acceptors (Lipinski definition) is 6. The summed E-state index contributed by atoms with van der Waals surface area (Å²) in [6, 6.07) is 13.4. The molecule has 1 aliphatic rings. The van der Waals surface area contributed by atoms with E-state index in [2.05, 4.69) is 36.1 Å². The fourth-order valence-corrected chi connectivity index (χ4v) is 3.75. The molecule has 0 saturated carbocycles. The largest absolute Gasteiger partial charge is 0.496 e. The van der Waals surface area contributed by atoms with Crippen molar-refractivity contribution >= 4 is 11.7 Å². The molecular formula is C24H30N6O3. The Labute approximate surface area is 193 Å². The van der Waals surface area contributed by atoms with E-state index in [9.17, 15) is 4.79 Å². The third-order valence-corrected chi connectivity index (χ3v) is 5.41. The number of methoxy groups -OCH3 is 1. The van der Waals surface area contributed by atoms with E-state index in [0.717, 1.165) is 34.7 Å². The topological polar surface area (TPSA) is 83.9 Å². The number of aromatic nitrogens is 2. The average molecular weight is 451 g/mol. The molecule has 1 saturated heterocycles. The van der Waals surface area contributed by atoms with Crippen molar-refractivity contribution in [2.24, 2.45) is 5.92 Å². The highest BCUT2D eigenvalue weighted by molar-refractivity contribution is 5.93. The van der Waals surface area contributed by atoms with Crippen molar-refractivity contribution in [3.8, 4) is 22.8 Å². The maximum absolute atomic E-state index is 12.5. The predicted molar refractivity (Wildman–Crippen MR) is 126 cm³/mol. The van der Waals surface area contributed by atoms with Crippen LogP contribution in [0.5, 0.6) is 11.5 Å². The highest BCUT2D eigenvalue weighted by atomic mass is 16.5. The molecule has 9 heteroatoms. The van der Waals surface area contributed by atoms with Gasteiger partial charge in [0, 0.05) is 25.4 Å². The molecule has 0 atom stereocenters. The van der Waals surface area contributed by atoms with E-state index in [1.54, 1.807) is 14.2 Å². The maximum Gasteiger partial charge on any atom is 0.355 e. The molecule has 3 aromatic rings. The lowest BCUT2D eigenvalue weighted by Crippen LogP contribution is -2.38. The van der Waals surface area contributed by atoms with Crippen LogP contribution >= 0.6 is 0 Å². The van der Waals surface area contributed by atoms with Crippen LogP contribution in [0.2, 0.25) is 0 Å². The molecule has 1 fully saturated rings. The molecule has 0 bridgehead atoms. The number of ether oxygens (including phenoxy) is 2.